The molecule has 0 radical (unpaired) electrons. The number of methoxy groups -OCH3 is 1. The molecular weight excluding hydrogens is 211 g/mol. The fourth-order valence-corrected chi connectivity index (χ4v) is 1.42. The zero-order valence-corrected chi connectivity index (χ0v) is 9.80. The molecule has 0 aliphatic rings. The van der Waals surface area contributed by atoms with Gasteiger partial charge in [-0.1, -0.05) is 20.8 Å². The highest BCUT2D eigenvalue weighted by molar-refractivity contribution is 5.88. The predicted octanol–water partition coefficient (Wildman–Crippen LogP) is 2.83. The molecule has 0 saturated heterocycles. The highest BCUT2D eigenvalue weighted by Gasteiger charge is 2.24. The summed E-state index contributed by atoms with van der Waals surface area (Å²) < 4.78 is 18.9. The van der Waals surface area contributed by atoms with Crippen molar-refractivity contribution in [3.05, 3.63) is 29.1 Å². The van der Waals surface area contributed by atoms with Crippen LogP contribution in [0.2, 0.25) is 0 Å². The van der Waals surface area contributed by atoms with Gasteiger partial charge in [-0.2, -0.15) is 0 Å². The average Bonchev–Trinajstić information content (AvgIpc) is 2.15. The summed E-state index contributed by atoms with van der Waals surface area (Å²) in [7, 11) is 1.42. The fourth-order valence-electron chi connectivity index (χ4n) is 1.42. The Hall–Kier alpha value is -1.58. The first kappa shape index (κ1) is 12.5. The minimum atomic E-state index is -1.29. The third kappa shape index (κ3) is 2.32. The van der Waals surface area contributed by atoms with Gasteiger partial charge in [-0.3, -0.25) is 0 Å². The Morgan fingerprint density at radius 3 is 2.31 bits per heavy atom. The third-order valence-electron chi connectivity index (χ3n) is 2.32. The van der Waals surface area contributed by atoms with Crippen molar-refractivity contribution in [3.8, 4) is 5.75 Å². The maximum absolute atomic E-state index is 13.9. The summed E-state index contributed by atoms with van der Waals surface area (Å²) in [6.07, 6.45) is 0. The molecule has 0 fully saturated rings. The first-order chi connectivity index (χ1) is 7.27. The molecule has 0 aliphatic carbocycles. The predicted molar refractivity (Wildman–Crippen MR) is 58.6 cm³/mol. The molecule has 0 amide bonds. The number of carboxylic acids is 1. The number of benzene rings is 1. The van der Waals surface area contributed by atoms with Crippen molar-refractivity contribution in [1.29, 1.82) is 0 Å². The fraction of sp³-hybridized carbons (Fsp3) is 0.417. The van der Waals surface area contributed by atoms with Crippen molar-refractivity contribution in [2.45, 2.75) is 26.2 Å². The lowest BCUT2D eigenvalue weighted by atomic mass is 9.85. The second kappa shape index (κ2) is 4.12. The van der Waals surface area contributed by atoms with E-state index in [2.05, 4.69) is 0 Å². The minimum Gasteiger partial charge on any atom is -0.497 e. The van der Waals surface area contributed by atoms with E-state index in [1.807, 2.05) is 20.8 Å². The van der Waals surface area contributed by atoms with Crippen LogP contribution in [-0.4, -0.2) is 18.2 Å². The SMILES string of the molecule is COc1cc(C(=O)O)c(F)c(C(C)(C)C)c1. The van der Waals surface area contributed by atoms with E-state index in [1.54, 1.807) is 0 Å². The van der Waals surface area contributed by atoms with Gasteiger partial charge in [-0.15, -0.1) is 0 Å². The van der Waals surface area contributed by atoms with E-state index in [9.17, 15) is 9.18 Å². The van der Waals surface area contributed by atoms with Crippen LogP contribution in [0.25, 0.3) is 0 Å². The van der Waals surface area contributed by atoms with Gasteiger partial charge >= 0.3 is 5.97 Å². The van der Waals surface area contributed by atoms with Gasteiger partial charge in [0.2, 0.25) is 0 Å². The highest BCUT2D eigenvalue weighted by atomic mass is 19.1. The summed E-state index contributed by atoms with van der Waals surface area (Å²) in [5.74, 6) is -1.63. The van der Waals surface area contributed by atoms with Crippen molar-refractivity contribution >= 4 is 5.97 Å². The van der Waals surface area contributed by atoms with Gasteiger partial charge < -0.3 is 9.84 Å². The lowest BCUT2D eigenvalue weighted by Crippen LogP contribution is -2.16. The van der Waals surface area contributed by atoms with Gasteiger partial charge in [0.1, 0.15) is 11.6 Å². The van der Waals surface area contributed by atoms with Gasteiger partial charge in [0, 0.05) is 0 Å². The number of halogens is 1. The van der Waals surface area contributed by atoms with Crippen LogP contribution in [0.3, 0.4) is 0 Å². The van der Waals surface area contributed by atoms with E-state index in [0.29, 0.717) is 11.3 Å². The number of ether oxygens (including phenoxy) is 1. The lowest BCUT2D eigenvalue weighted by Gasteiger charge is -2.21. The molecule has 0 unspecified atom stereocenters. The van der Waals surface area contributed by atoms with Crippen LogP contribution >= 0.6 is 0 Å². The van der Waals surface area contributed by atoms with Crippen molar-refractivity contribution < 1.29 is 19.0 Å². The van der Waals surface area contributed by atoms with Crippen LogP contribution in [0.5, 0.6) is 5.75 Å². The van der Waals surface area contributed by atoms with E-state index in [0.717, 1.165) is 0 Å². The van der Waals surface area contributed by atoms with Crippen LogP contribution in [-0.2, 0) is 5.41 Å². The molecule has 88 valence electrons. The monoisotopic (exact) mass is 226 g/mol. The molecule has 1 aromatic rings. The normalized spacial score (nSPS) is 11.3. The summed E-state index contributed by atoms with van der Waals surface area (Å²) in [5.41, 5.74) is -0.489. The number of hydrogen-bond acceptors (Lipinski definition) is 2. The van der Waals surface area contributed by atoms with Crippen molar-refractivity contribution in [2.24, 2.45) is 0 Å². The number of carbonyl (C=O) groups is 1. The summed E-state index contributed by atoms with van der Waals surface area (Å²) in [6, 6.07) is 2.72. The quantitative estimate of drug-likeness (QED) is 0.843. The Balaban J connectivity index is 3.50. The summed E-state index contributed by atoms with van der Waals surface area (Å²) in [4.78, 5) is 10.9. The Bertz CT molecular complexity index is 419. The third-order valence-corrected chi connectivity index (χ3v) is 2.32. The highest BCUT2D eigenvalue weighted by Crippen LogP contribution is 2.30. The number of hydrogen-bond donors (Lipinski definition) is 1. The summed E-state index contributed by atoms with van der Waals surface area (Å²) in [6.45, 7) is 5.45. The number of aromatic carboxylic acids is 1. The molecule has 1 aromatic carbocycles. The zero-order valence-electron chi connectivity index (χ0n) is 9.80. The van der Waals surface area contributed by atoms with Crippen molar-refractivity contribution in [2.75, 3.05) is 7.11 Å². The molecule has 0 atom stereocenters. The van der Waals surface area contributed by atoms with Crippen LogP contribution in [0, 0.1) is 5.82 Å². The van der Waals surface area contributed by atoms with E-state index < -0.39 is 17.2 Å². The van der Waals surface area contributed by atoms with Crippen LogP contribution < -0.4 is 4.74 Å². The molecule has 1 rings (SSSR count). The number of carboxylic acid groups (broad SMARTS) is 1. The first-order valence-corrected chi connectivity index (χ1v) is 4.88. The Labute approximate surface area is 93.9 Å². The zero-order chi connectivity index (χ0) is 12.5. The molecule has 0 aromatic heterocycles. The molecule has 4 heteroatoms. The van der Waals surface area contributed by atoms with Crippen LogP contribution in [0.4, 0.5) is 4.39 Å². The molecule has 0 bridgehead atoms. The van der Waals surface area contributed by atoms with Gasteiger partial charge in [-0.25, -0.2) is 9.18 Å². The van der Waals surface area contributed by atoms with E-state index >= 15 is 0 Å². The first-order valence-electron chi connectivity index (χ1n) is 4.88. The molecular formula is C12H15FO3. The standard InChI is InChI=1S/C12H15FO3/c1-12(2,3)9-6-7(16-4)5-8(10(9)13)11(14)15/h5-6H,1-4H3,(H,14,15). The second-order valence-electron chi connectivity index (χ2n) is 4.59. The molecule has 0 spiro atoms. The van der Waals surface area contributed by atoms with Gasteiger partial charge in [0.05, 0.1) is 12.7 Å². The molecule has 0 heterocycles. The van der Waals surface area contributed by atoms with Crippen LogP contribution in [0.1, 0.15) is 36.7 Å². The number of rotatable bonds is 2. The topological polar surface area (TPSA) is 46.5 Å². The second-order valence-corrected chi connectivity index (χ2v) is 4.59. The van der Waals surface area contributed by atoms with Gasteiger partial charge in [0.25, 0.3) is 0 Å². The Morgan fingerprint density at radius 2 is 1.94 bits per heavy atom. The van der Waals surface area contributed by atoms with Crippen molar-refractivity contribution in [3.63, 3.8) is 0 Å². The van der Waals surface area contributed by atoms with Crippen LogP contribution in [0.15, 0.2) is 12.1 Å². The molecule has 0 aliphatic heterocycles. The maximum atomic E-state index is 13.9. The van der Waals surface area contributed by atoms with Crippen molar-refractivity contribution in [1.82, 2.24) is 0 Å². The van der Waals surface area contributed by atoms with E-state index in [-0.39, 0.29) is 5.56 Å². The Morgan fingerprint density at radius 1 is 1.38 bits per heavy atom. The summed E-state index contributed by atoms with van der Waals surface area (Å²) in [5, 5.41) is 8.88. The molecule has 0 saturated carbocycles. The average molecular weight is 226 g/mol. The summed E-state index contributed by atoms with van der Waals surface area (Å²) >= 11 is 0. The molecule has 1 N–H and O–H groups in total. The maximum Gasteiger partial charge on any atom is 0.338 e. The van der Waals surface area contributed by atoms with Gasteiger partial charge in [-0.05, 0) is 23.1 Å². The minimum absolute atomic E-state index is 0.337. The largest absolute Gasteiger partial charge is 0.497 e. The molecule has 16 heavy (non-hydrogen) atoms. The lowest BCUT2D eigenvalue weighted by molar-refractivity contribution is 0.0691. The molecule has 3 nitrogen and oxygen atoms in total. The Kier molecular flexibility index (Phi) is 3.21. The van der Waals surface area contributed by atoms with E-state index in [1.165, 1.54) is 19.2 Å². The smallest absolute Gasteiger partial charge is 0.338 e. The van der Waals surface area contributed by atoms with Gasteiger partial charge in [0.15, 0.2) is 0 Å². The van der Waals surface area contributed by atoms with E-state index in [4.69, 9.17) is 9.84 Å².